The molecule has 1 saturated heterocycles. The van der Waals surface area contributed by atoms with E-state index in [0.717, 1.165) is 24.6 Å². The van der Waals surface area contributed by atoms with Crippen molar-refractivity contribution < 1.29 is 0 Å². The van der Waals surface area contributed by atoms with E-state index in [2.05, 4.69) is 33.4 Å². The van der Waals surface area contributed by atoms with E-state index in [1.807, 2.05) is 24.9 Å². The zero-order valence-electron chi connectivity index (χ0n) is 9.81. The van der Waals surface area contributed by atoms with Gasteiger partial charge < -0.3 is 10.2 Å². The summed E-state index contributed by atoms with van der Waals surface area (Å²) >= 11 is 2.01. The van der Waals surface area contributed by atoms with Crippen molar-refractivity contribution in [3.63, 3.8) is 0 Å². The minimum atomic E-state index is 0.559. The van der Waals surface area contributed by atoms with Crippen molar-refractivity contribution in [1.82, 2.24) is 15.5 Å². The Morgan fingerprint density at radius 1 is 1.50 bits per heavy atom. The molecular weight excluding hydrogens is 220 g/mol. The van der Waals surface area contributed by atoms with Gasteiger partial charge in [0, 0.05) is 30.6 Å². The summed E-state index contributed by atoms with van der Waals surface area (Å²) < 4.78 is 0. The van der Waals surface area contributed by atoms with E-state index < -0.39 is 0 Å². The third-order valence-electron chi connectivity index (χ3n) is 2.73. The molecule has 1 unspecified atom stereocenters. The second-order valence-corrected chi connectivity index (χ2v) is 5.18. The number of aromatic nitrogens is 2. The molecule has 1 N–H and O–H groups in total. The van der Waals surface area contributed by atoms with Crippen LogP contribution in [0.25, 0.3) is 0 Å². The lowest BCUT2D eigenvalue weighted by atomic mass is 10.3. The van der Waals surface area contributed by atoms with Gasteiger partial charge in [-0.1, -0.05) is 0 Å². The van der Waals surface area contributed by atoms with Gasteiger partial charge in [0.05, 0.1) is 5.69 Å². The fourth-order valence-corrected chi connectivity index (χ4v) is 2.86. The molecule has 0 amide bonds. The molecule has 0 bridgehead atoms. The van der Waals surface area contributed by atoms with Gasteiger partial charge in [0.1, 0.15) is 0 Å². The maximum absolute atomic E-state index is 4.30. The van der Waals surface area contributed by atoms with Crippen molar-refractivity contribution in [2.45, 2.75) is 19.5 Å². The van der Waals surface area contributed by atoms with Crippen molar-refractivity contribution in [3.05, 3.63) is 17.8 Å². The molecule has 2 heterocycles. The Hall–Kier alpha value is -0.810. The highest BCUT2D eigenvalue weighted by atomic mass is 32.2. The molecule has 1 aromatic heterocycles. The van der Waals surface area contributed by atoms with Crippen LogP contribution in [-0.2, 0) is 6.54 Å². The van der Waals surface area contributed by atoms with Crippen LogP contribution in [0.1, 0.15) is 12.6 Å². The Labute approximate surface area is 101 Å². The van der Waals surface area contributed by atoms with E-state index in [0.29, 0.717) is 6.04 Å². The first-order valence-corrected chi connectivity index (χ1v) is 6.78. The third-order valence-corrected chi connectivity index (χ3v) is 3.91. The van der Waals surface area contributed by atoms with Gasteiger partial charge in [-0.3, -0.25) is 0 Å². The molecule has 0 saturated carbocycles. The van der Waals surface area contributed by atoms with Crippen LogP contribution in [0.3, 0.4) is 0 Å². The monoisotopic (exact) mass is 238 g/mol. The summed E-state index contributed by atoms with van der Waals surface area (Å²) in [4.78, 5) is 2.34. The topological polar surface area (TPSA) is 41.0 Å². The first kappa shape index (κ1) is 11.7. The first-order chi connectivity index (χ1) is 7.81. The van der Waals surface area contributed by atoms with Crippen LogP contribution < -0.4 is 10.2 Å². The van der Waals surface area contributed by atoms with Crippen LogP contribution in [0.4, 0.5) is 5.82 Å². The Morgan fingerprint density at radius 3 is 3.00 bits per heavy atom. The molecule has 4 nitrogen and oxygen atoms in total. The van der Waals surface area contributed by atoms with Crippen molar-refractivity contribution in [3.8, 4) is 0 Å². The van der Waals surface area contributed by atoms with Gasteiger partial charge in [0.2, 0.25) is 0 Å². The van der Waals surface area contributed by atoms with E-state index in [4.69, 9.17) is 0 Å². The van der Waals surface area contributed by atoms with Crippen molar-refractivity contribution in [2.24, 2.45) is 0 Å². The fraction of sp³-hybridized carbons (Fsp3) is 0.636. The zero-order chi connectivity index (χ0) is 11.4. The molecule has 2 rings (SSSR count). The van der Waals surface area contributed by atoms with E-state index in [9.17, 15) is 0 Å². The highest BCUT2D eigenvalue weighted by Gasteiger charge is 2.19. The Bertz CT molecular complexity index is 327. The van der Waals surface area contributed by atoms with E-state index in [-0.39, 0.29) is 0 Å². The Morgan fingerprint density at radius 2 is 2.38 bits per heavy atom. The summed E-state index contributed by atoms with van der Waals surface area (Å²) in [6.07, 6.45) is 0. The fourth-order valence-electron chi connectivity index (χ4n) is 1.85. The van der Waals surface area contributed by atoms with Gasteiger partial charge in [0.25, 0.3) is 0 Å². The lowest BCUT2D eigenvalue weighted by molar-refractivity contribution is 0.676. The molecule has 0 radical (unpaired) electrons. The average Bonchev–Trinajstić information content (AvgIpc) is 2.31. The molecule has 0 aliphatic carbocycles. The number of hydrogen-bond acceptors (Lipinski definition) is 5. The number of thioether (sulfide) groups is 1. The Balaban J connectivity index is 2.08. The normalized spacial score (nSPS) is 21.1. The predicted molar refractivity (Wildman–Crippen MR) is 68.9 cm³/mol. The van der Waals surface area contributed by atoms with E-state index in [1.165, 1.54) is 11.5 Å². The SMILES string of the molecule is CNCc1ccc(N2CCSCC2C)nn1. The molecule has 16 heavy (non-hydrogen) atoms. The molecule has 1 aromatic rings. The summed E-state index contributed by atoms with van der Waals surface area (Å²) in [5.74, 6) is 3.37. The van der Waals surface area contributed by atoms with Gasteiger partial charge in [-0.25, -0.2) is 0 Å². The molecule has 0 spiro atoms. The van der Waals surface area contributed by atoms with Crippen LogP contribution in [0.2, 0.25) is 0 Å². The molecule has 88 valence electrons. The molecule has 0 aromatic carbocycles. The summed E-state index contributed by atoms with van der Waals surface area (Å²) in [6.45, 7) is 4.10. The molecule has 1 aliphatic rings. The number of hydrogen-bond donors (Lipinski definition) is 1. The maximum atomic E-state index is 4.30. The number of anilines is 1. The first-order valence-electron chi connectivity index (χ1n) is 5.63. The summed E-state index contributed by atoms with van der Waals surface area (Å²) in [6, 6.07) is 4.68. The second-order valence-electron chi connectivity index (χ2n) is 4.03. The van der Waals surface area contributed by atoms with Gasteiger partial charge in [-0.2, -0.15) is 16.9 Å². The molecular formula is C11H18N4S. The van der Waals surface area contributed by atoms with Gasteiger partial charge in [0.15, 0.2) is 5.82 Å². The minimum absolute atomic E-state index is 0.559. The third kappa shape index (κ3) is 2.65. The maximum Gasteiger partial charge on any atom is 0.151 e. The largest absolute Gasteiger partial charge is 0.351 e. The standard InChI is InChI=1S/C11H18N4S/c1-9-8-16-6-5-15(9)11-4-3-10(7-12-2)13-14-11/h3-4,9,12H,5-8H2,1-2H3. The molecule has 1 atom stereocenters. The van der Waals surface area contributed by atoms with Crippen molar-refractivity contribution >= 4 is 17.6 Å². The second kappa shape index (κ2) is 5.50. The average molecular weight is 238 g/mol. The van der Waals surface area contributed by atoms with Crippen LogP contribution in [0.15, 0.2) is 12.1 Å². The summed E-state index contributed by atoms with van der Waals surface area (Å²) in [5.41, 5.74) is 0.991. The molecule has 5 heteroatoms. The highest BCUT2D eigenvalue weighted by Crippen LogP contribution is 2.21. The minimum Gasteiger partial charge on any atom is -0.351 e. The van der Waals surface area contributed by atoms with Crippen LogP contribution in [-0.4, -0.2) is 41.3 Å². The summed E-state index contributed by atoms with van der Waals surface area (Å²) in [7, 11) is 1.92. The highest BCUT2D eigenvalue weighted by molar-refractivity contribution is 7.99. The van der Waals surface area contributed by atoms with Gasteiger partial charge in [-0.15, -0.1) is 5.10 Å². The molecule has 1 fully saturated rings. The Kier molecular flexibility index (Phi) is 4.01. The number of nitrogens with one attached hydrogen (secondary N) is 1. The van der Waals surface area contributed by atoms with Gasteiger partial charge >= 0.3 is 0 Å². The number of rotatable bonds is 3. The molecule has 1 aliphatic heterocycles. The van der Waals surface area contributed by atoms with Crippen molar-refractivity contribution in [1.29, 1.82) is 0 Å². The lowest BCUT2D eigenvalue weighted by Gasteiger charge is -2.33. The zero-order valence-corrected chi connectivity index (χ0v) is 10.6. The number of nitrogens with zero attached hydrogens (tertiary/aromatic N) is 3. The quantitative estimate of drug-likeness (QED) is 0.855. The van der Waals surface area contributed by atoms with Crippen LogP contribution in [0, 0.1) is 0 Å². The van der Waals surface area contributed by atoms with Crippen LogP contribution >= 0.6 is 11.8 Å². The van der Waals surface area contributed by atoms with Gasteiger partial charge in [-0.05, 0) is 26.1 Å². The van der Waals surface area contributed by atoms with Crippen molar-refractivity contribution in [2.75, 3.05) is 30.0 Å². The smallest absolute Gasteiger partial charge is 0.151 e. The van der Waals surface area contributed by atoms with E-state index >= 15 is 0 Å². The van der Waals surface area contributed by atoms with E-state index in [1.54, 1.807) is 0 Å². The predicted octanol–water partition coefficient (Wildman–Crippen LogP) is 1.14. The lowest BCUT2D eigenvalue weighted by Crippen LogP contribution is -2.41. The van der Waals surface area contributed by atoms with Crippen LogP contribution in [0.5, 0.6) is 0 Å². The summed E-state index contributed by atoms with van der Waals surface area (Å²) in [5, 5.41) is 11.6.